The molecule has 19 heavy (non-hydrogen) atoms. The van der Waals surface area contributed by atoms with E-state index in [2.05, 4.69) is 20.0 Å². The minimum atomic E-state index is -0.832. The number of carbonyl (C=O) groups excluding carboxylic acids is 1. The van der Waals surface area contributed by atoms with Crippen LogP contribution >= 0.6 is 0 Å². The molecule has 2 aromatic rings. The molecule has 0 saturated heterocycles. The zero-order valence-electron chi connectivity index (χ0n) is 10.1. The van der Waals surface area contributed by atoms with Crippen LogP contribution in [0.4, 0.5) is 21.6 Å². The van der Waals surface area contributed by atoms with Gasteiger partial charge in [-0.3, -0.25) is 0 Å². The van der Waals surface area contributed by atoms with E-state index in [0.717, 1.165) is 13.2 Å². The molecule has 0 aliphatic rings. The Hall–Kier alpha value is -2.70. The van der Waals surface area contributed by atoms with E-state index in [0.29, 0.717) is 17.2 Å². The highest BCUT2D eigenvalue weighted by Gasteiger charge is 2.14. The summed E-state index contributed by atoms with van der Waals surface area (Å²) in [4.78, 5) is 18.9. The molecule has 2 rings (SSSR count). The van der Waals surface area contributed by atoms with Crippen molar-refractivity contribution in [1.82, 2.24) is 9.97 Å². The lowest BCUT2D eigenvalue weighted by molar-refractivity contribution is 0.0588. The maximum absolute atomic E-state index is 13.6. The van der Waals surface area contributed by atoms with Crippen LogP contribution in [0.25, 0.3) is 0 Å². The molecule has 7 heteroatoms. The molecular weight excluding hydrogens is 251 g/mol. The normalized spacial score (nSPS) is 10.0. The summed E-state index contributed by atoms with van der Waals surface area (Å²) < 4.78 is 18.0. The quantitative estimate of drug-likeness (QED) is 0.819. The Morgan fingerprint density at radius 3 is 2.89 bits per heavy atom. The Morgan fingerprint density at radius 1 is 1.47 bits per heavy atom. The first-order valence-electron chi connectivity index (χ1n) is 5.33. The zero-order chi connectivity index (χ0) is 13.8. The van der Waals surface area contributed by atoms with Gasteiger partial charge in [0, 0.05) is 12.3 Å². The van der Waals surface area contributed by atoms with Crippen molar-refractivity contribution >= 4 is 23.2 Å². The summed E-state index contributed by atoms with van der Waals surface area (Å²) in [5.74, 6) is -1.23. The minimum absolute atomic E-state index is 0.329. The smallest absolute Gasteiger partial charge is 0.359 e. The molecule has 0 bridgehead atoms. The van der Waals surface area contributed by atoms with Crippen LogP contribution in [0.2, 0.25) is 0 Å². The fraction of sp³-hybridized carbons (Fsp3) is 0.0833. The summed E-state index contributed by atoms with van der Waals surface area (Å²) in [5.41, 5.74) is 6.07. The van der Waals surface area contributed by atoms with Gasteiger partial charge in [-0.05, 0) is 12.1 Å². The van der Waals surface area contributed by atoms with Crippen molar-refractivity contribution in [2.24, 2.45) is 0 Å². The molecule has 0 aliphatic carbocycles. The van der Waals surface area contributed by atoms with E-state index in [1.165, 1.54) is 6.20 Å². The number of aromatic nitrogens is 2. The zero-order valence-corrected chi connectivity index (χ0v) is 10.1. The fourth-order valence-corrected chi connectivity index (χ4v) is 1.41. The molecular formula is C12H11FN4O2. The van der Waals surface area contributed by atoms with Gasteiger partial charge in [-0.2, -0.15) is 0 Å². The number of nitrogens with one attached hydrogen (secondary N) is 1. The van der Waals surface area contributed by atoms with Gasteiger partial charge in [0.05, 0.1) is 24.7 Å². The van der Waals surface area contributed by atoms with E-state index in [9.17, 15) is 9.18 Å². The summed E-state index contributed by atoms with van der Waals surface area (Å²) >= 11 is 0. The highest BCUT2D eigenvalue weighted by atomic mass is 19.1. The van der Waals surface area contributed by atoms with Crippen molar-refractivity contribution in [3.8, 4) is 0 Å². The van der Waals surface area contributed by atoms with Crippen LogP contribution in [0.5, 0.6) is 0 Å². The molecule has 0 fully saturated rings. The summed E-state index contributed by atoms with van der Waals surface area (Å²) in [6, 6.07) is 4.45. The van der Waals surface area contributed by atoms with E-state index < -0.39 is 11.8 Å². The van der Waals surface area contributed by atoms with Gasteiger partial charge >= 0.3 is 5.97 Å². The van der Waals surface area contributed by atoms with Gasteiger partial charge in [0.1, 0.15) is 0 Å². The van der Waals surface area contributed by atoms with Crippen molar-refractivity contribution in [3.05, 3.63) is 42.1 Å². The second kappa shape index (κ2) is 5.30. The topological polar surface area (TPSA) is 90.1 Å². The fourth-order valence-electron chi connectivity index (χ4n) is 1.41. The Balaban J connectivity index is 2.26. The van der Waals surface area contributed by atoms with Crippen molar-refractivity contribution in [3.63, 3.8) is 0 Å². The molecule has 0 saturated carbocycles. The van der Waals surface area contributed by atoms with Gasteiger partial charge in [0.15, 0.2) is 17.3 Å². The van der Waals surface area contributed by atoms with Gasteiger partial charge in [-0.1, -0.05) is 0 Å². The first-order chi connectivity index (χ1) is 9.11. The number of nitrogens with zero attached hydrogens (tertiary/aromatic N) is 2. The molecule has 2 heterocycles. The van der Waals surface area contributed by atoms with Crippen molar-refractivity contribution in [2.45, 2.75) is 0 Å². The number of anilines is 3. The largest absolute Gasteiger partial charge is 0.464 e. The number of halogens is 1. The van der Waals surface area contributed by atoms with Crippen molar-refractivity contribution in [2.75, 3.05) is 18.2 Å². The highest BCUT2D eigenvalue weighted by molar-refractivity contribution is 5.87. The Kier molecular flexibility index (Phi) is 3.56. The van der Waals surface area contributed by atoms with Crippen LogP contribution < -0.4 is 11.1 Å². The predicted octanol–water partition coefficient (Wildman–Crippen LogP) is 1.73. The molecule has 0 unspecified atom stereocenters. The summed E-state index contributed by atoms with van der Waals surface area (Å²) in [7, 11) is 1.16. The lowest BCUT2D eigenvalue weighted by atomic mass is 10.3. The van der Waals surface area contributed by atoms with Crippen LogP contribution in [0, 0.1) is 5.82 Å². The van der Waals surface area contributed by atoms with Crippen LogP contribution in [0.15, 0.2) is 30.6 Å². The number of carbonyl (C=O) groups is 1. The van der Waals surface area contributed by atoms with Crippen LogP contribution in [-0.2, 0) is 4.74 Å². The Bertz CT molecular complexity index is 618. The Morgan fingerprint density at radius 2 is 2.26 bits per heavy atom. The molecule has 0 radical (unpaired) electrons. The third-order valence-corrected chi connectivity index (χ3v) is 2.32. The number of nitrogens with two attached hydrogens (primary N) is 1. The number of esters is 1. The van der Waals surface area contributed by atoms with Crippen molar-refractivity contribution in [1.29, 1.82) is 0 Å². The van der Waals surface area contributed by atoms with E-state index in [1.54, 1.807) is 18.3 Å². The molecule has 98 valence electrons. The van der Waals surface area contributed by atoms with Crippen LogP contribution in [0.1, 0.15) is 10.5 Å². The second-order valence-electron chi connectivity index (χ2n) is 3.61. The number of methoxy groups -OCH3 is 1. The standard InChI is InChI=1S/C12H11FN4O2/c1-19-12(18)10-8(13)5-7(6-16-10)17-11-9(14)3-2-4-15-11/h2-6H,14H2,1H3,(H,15,17). The molecule has 2 aromatic heterocycles. The third-order valence-electron chi connectivity index (χ3n) is 2.32. The summed E-state index contributed by atoms with van der Waals surface area (Å²) in [5, 5.41) is 2.81. The summed E-state index contributed by atoms with van der Waals surface area (Å²) in [6.07, 6.45) is 2.84. The van der Waals surface area contributed by atoms with Crippen molar-refractivity contribution < 1.29 is 13.9 Å². The number of pyridine rings is 2. The SMILES string of the molecule is COC(=O)c1ncc(Nc2ncccc2N)cc1F. The minimum Gasteiger partial charge on any atom is -0.464 e. The Labute approximate surface area is 108 Å². The lowest BCUT2D eigenvalue weighted by Gasteiger charge is -2.08. The highest BCUT2D eigenvalue weighted by Crippen LogP contribution is 2.20. The number of rotatable bonds is 3. The molecule has 0 amide bonds. The monoisotopic (exact) mass is 262 g/mol. The van der Waals surface area contributed by atoms with Gasteiger partial charge in [0.25, 0.3) is 0 Å². The van der Waals surface area contributed by atoms with Crippen LogP contribution in [-0.4, -0.2) is 23.0 Å². The number of hydrogen-bond acceptors (Lipinski definition) is 6. The maximum atomic E-state index is 13.6. The average molecular weight is 262 g/mol. The predicted molar refractivity (Wildman–Crippen MR) is 67.5 cm³/mol. The first-order valence-corrected chi connectivity index (χ1v) is 5.33. The maximum Gasteiger partial charge on any atom is 0.359 e. The van der Waals surface area contributed by atoms with Gasteiger partial charge < -0.3 is 15.8 Å². The molecule has 0 atom stereocenters. The molecule has 0 aromatic carbocycles. The third kappa shape index (κ3) is 2.76. The number of nitrogen functional groups attached to an aromatic ring is 1. The molecule has 0 spiro atoms. The van der Waals surface area contributed by atoms with E-state index in [-0.39, 0.29) is 5.69 Å². The summed E-state index contributed by atoms with van der Waals surface area (Å²) in [6.45, 7) is 0. The molecule has 6 nitrogen and oxygen atoms in total. The van der Waals surface area contributed by atoms with Gasteiger partial charge in [-0.15, -0.1) is 0 Å². The van der Waals surface area contributed by atoms with E-state index >= 15 is 0 Å². The molecule has 3 N–H and O–H groups in total. The number of hydrogen-bond donors (Lipinski definition) is 2. The van der Waals surface area contributed by atoms with E-state index in [4.69, 9.17) is 5.73 Å². The van der Waals surface area contributed by atoms with Crippen LogP contribution in [0.3, 0.4) is 0 Å². The lowest BCUT2D eigenvalue weighted by Crippen LogP contribution is -2.08. The van der Waals surface area contributed by atoms with Gasteiger partial charge in [0.2, 0.25) is 0 Å². The number of ether oxygens (including phenoxy) is 1. The van der Waals surface area contributed by atoms with Gasteiger partial charge in [-0.25, -0.2) is 19.2 Å². The molecule has 0 aliphatic heterocycles. The van der Waals surface area contributed by atoms with E-state index in [1.807, 2.05) is 0 Å². The first kappa shape index (κ1) is 12.7. The average Bonchev–Trinajstić information content (AvgIpc) is 2.41. The second-order valence-corrected chi connectivity index (χ2v) is 3.61.